The molecule has 2 aromatic heterocycles. The Morgan fingerprint density at radius 3 is 3.23 bits per heavy atom. The maximum atomic E-state index is 9.43. The molecule has 2 heterocycles. The van der Waals surface area contributed by atoms with Crippen molar-refractivity contribution in [3.8, 4) is 5.88 Å². The van der Waals surface area contributed by atoms with Crippen molar-refractivity contribution in [3.63, 3.8) is 0 Å². The Kier molecular flexibility index (Phi) is 1.82. The third kappa shape index (κ3) is 1.31. The van der Waals surface area contributed by atoms with E-state index >= 15 is 0 Å². The molecular weight excluding hydrogens is 172 g/mol. The Balaban J connectivity index is 2.56. The first-order chi connectivity index (χ1) is 6.31. The zero-order valence-electron chi connectivity index (χ0n) is 7.01. The summed E-state index contributed by atoms with van der Waals surface area (Å²) in [6.07, 6.45) is 1.33. The summed E-state index contributed by atoms with van der Waals surface area (Å²) < 4.78 is 6.13. The number of nitrogens with zero attached hydrogens (tertiary/aromatic N) is 4. The first kappa shape index (κ1) is 7.93. The molecule has 0 aliphatic rings. The van der Waals surface area contributed by atoms with Crippen LogP contribution in [-0.2, 0) is 11.3 Å². The van der Waals surface area contributed by atoms with Gasteiger partial charge in [0.2, 0.25) is 5.88 Å². The van der Waals surface area contributed by atoms with Crippen LogP contribution in [-0.4, -0.2) is 31.8 Å². The maximum Gasteiger partial charge on any atom is 0.255 e. The SMILES string of the molecule is COCc1cc(O)n2ncnc2n1. The second-order valence-corrected chi connectivity index (χ2v) is 2.51. The van der Waals surface area contributed by atoms with Gasteiger partial charge in [0.15, 0.2) is 0 Å². The number of hydrogen-bond donors (Lipinski definition) is 1. The molecule has 0 atom stereocenters. The minimum absolute atomic E-state index is 0.00884. The van der Waals surface area contributed by atoms with Gasteiger partial charge in [0.05, 0.1) is 12.3 Å². The highest BCUT2D eigenvalue weighted by atomic mass is 16.5. The van der Waals surface area contributed by atoms with Crippen LogP contribution in [0.2, 0.25) is 0 Å². The zero-order chi connectivity index (χ0) is 9.26. The molecule has 6 heteroatoms. The van der Waals surface area contributed by atoms with Gasteiger partial charge in [-0.1, -0.05) is 0 Å². The van der Waals surface area contributed by atoms with E-state index in [0.717, 1.165) is 0 Å². The van der Waals surface area contributed by atoms with Gasteiger partial charge in [-0.3, -0.25) is 0 Å². The number of fused-ring (bicyclic) bond motifs is 1. The largest absolute Gasteiger partial charge is 0.493 e. The van der Waals surface area contributed by atoms with E-state index in [2.05, 4.69) is 15.1 Å². The summed E-state index contributed by atoms with van der Waals surface area (Å²) >= 11 is 0. The molecule has 68 valence electrons. The van der Waals surface area contributed by atoms with E-state index in [0.29, 0.717) is 18.1 Å². The monoisotopic (exact) mass is 180 g/mol. The van der Waals surface area contributed by atoms with Gasteiger partial charge in [-0.05, 0) is 0 Å². The molecule has 0 saturated carbocycles. The van der Waals surface area contributed by atoms with Crippen molar-refractivity contribution in [1.82, 2.24) is 19.6 Å². The van der Waals surface area contributed by atoms with Gasteiger partial charge >= 0.3 is 0 Å². The van der Waals surface area contributed by atoms with E-state index in [9.17, 15) is 5.11 Å². The summed E-state index contributed by atoms with van der Waals surface area (Å²) in [4.78, 5) is 7.94. The van der Waals surface area contributed by atoms with Crippen LogP contribution in [0, 0.1) is 0 Å². The first-order valence-electron chi connectivity index (χ1n) is 3.69. The second-order valence-electron chi connectivity index (χ2n) is 2.51. The van der Waals surface area contributed by atoms with Gasteiger partial charge in [0, 0.05) is 13.2 Å². The van der Waals surface area contributed by atoms with Crippen LogP contribution in [0.25, 0.3) is 5.78 Å². The lowest BCUT2D eigenvalue weighted by Crippen LogP contribution is -1.98. The number of aromatic nitrogens is 4. The van der Waals surface area contributed by atoms with E-state index in [4.69, 9.17) is 4.74 Å². The summed E-state index contributed by atoms with van der Waals surface area (Å²) in [5, 5.41) is 13.2. The van der Waals surface area contributed by atoms with Crippen molar-refractivity contribution in [2.45, 2.75) is 6.61 Å². The summed E-state index contributed by atoms with van der Waals surface area (Å²) in [5.41, 5.74) is 0.625. The molecule has 0 bridgehead atoms. The molecule has 0 fully saturated rings. The van der Waals surface area contributed by atoms with Crippen molar-refractivity contribution < 1.29 is 9.84 Å². The molecule has 0 saturated heterocycles. The quantitative estimate of drug-likeness (QED) is 0.702. The Morgan fingerprint density at radius 2 is 2.46 bits per heavy atom. The van der Waals surface area contributed by atoms with Crippen LogP contribution >= 0.6 is 0 Å². The summed E-state index contributed by atoms with van der Waals surface area (Å²) in [6, 6.07) is 1.49. The normalized spacial score (nSPS) is 10.8. The highest BCUT2D eigenvalue weighted by Gasteiger charge is 2.04. The number of aromatic hydroxyl groups is 1. The lowest BCUT2D eigenvalue weighted by atomic mass is 10.4. The van der Waals surface area contributed by atoms with Gasteiger partial charge in [-0.15, -0.1) is 0 Å². The van der Waals surface area contributed by atoms with E-state index in [-0.39, 0.29) is 5.88 Å². The number of hydrogen-bond acceptors (Lipinski definition) is 5. The Morgan fingerprint density at radius 1 is 1.62 bits per heavy atom. The molecule has 2 rings (SSSR count). The molecule has 0 radical (unpaired) electrons. The predicted molar refractivity (Wildman–Crippen MR) is 43.2 cm³/mol. The van der Waals surface area contributed by atoms with Crippen molar-refractivity contribution >= 4 is 5.78 Å². The van der Waals surface area contributed by atoms with Crippen LogP contribution < -0.4 is 0 Å². The standard InChI is InChI=1S/C7H8N4O2/c1-13-3-5-2-6(12)11-7(10-5)8-4-9-11/h2,4,12H,3H2,1H3. The highest BCUT2D eigenvalue weighted by molar-refractivity contribution is 5.32. The molecule has 0 unspecified atom stereocenters. The predicted octanol–water partition coefficient (Wildman–Crippen LogP) is -0.0237. The fourth-order valence-electron chi connectivity index (χ4n) is 1.07. The molecule has 13 heavy (non-hydrogen) atoms. The average molecular weight is 180 g/mol. The van der Waals surface area contributed by atoms with Gasteiger partial charge in [0.1, 0.15) is 6.33 Å². The second kappa shape index (κ2) is 2.98. The van der Waals surface area contributed by atoms with Crippen LogP contribution in [0.5, 0.6) is 5.88 Å². The summed E-state index contributed by atoms with van der Waals surface area (Å²) in [5.74, 6) is 0.376. The fourth-order valence-corrected chi connectivity index (χ4v) is 1.07. The summed E-state index contributed by atoms with van der Waals surface area (Å²) in [6.45, 7) is 0.344. The molecule has 6 nitrogen and oxygen atoms in total. The van der Waals surface area contributed by atoms with Crippen molar-refractivity contribution in [2.24, 2.45) is 0 Å². The third-order valence-electron chi connectivity index (χ3n) is 1.58. The molecule has 0 aromatic carbocycles. The van der Waals surface area contributed by atoms with Crippen LogP contribution in [0.15, 0.2) is 12.4 Å². The van der Waals surface area contributed by atoms with E-state index in [1.165, 1.54) is 16.9 Å². The van der Waals surface area contributed by atoms with E-state index in [1.807, 2.05) is 0 Å². The van der Waals surface area contributed by atoms with Crippen LogP contribution in [0.3, 0.4) is 0 Å². The topological polar surface area (TPSA) is 72.5 Å². The summed E-state index contributed by atoms with van der Waals surface area (Å²) in [7, 11) is 1.56. The lowest BCUT2D eigenvalue weighted by Gasteiger charge is -2.00. The van der Waals surface area contributed by atoms with Crippen LogP contribution in [0.4, 0.5) is 0 Å². The van der Waals surface area contributed by atoms with Crippen molar-refractivity contribution in [3.05, 3.63) is 18.1 Å². The molecule has 0 spiro atoms. The molecule has 2 aromatic rings. The molecule has 0 aliphatic carbocycles. The number of methoxy groups -OCH3 is 1. The minimum Gasteiger partial charge on any atom is -0.493 e. The van der Waals surface area contributed by atoms with Gasteiger partial charge in [-0.25, -0.2) is 4.98 Å². The third-order valence-corrected chi connectivity index (χ3v) is 1.58. The van der Waals surface area contributed by atoms with E-state index in [1.54, 1.807) is 7.11 Å². The van der Waals surface area contributed by atoms with Gasteiger partial charge in [0.25, 0.3) is 5.78 Å². The van der Waals surface area contributed by atoms with E-state index < -0.39 is 0 Å². The average Bonchev–Trinajstić information content (AvgIpc) is 2.53. The minimum atomic E-state index is 0.00884. The Bertz CT molecular complexity index is 425. The fraction of sp³-hybridized carbons (Fsp3) is 0.286. The van der Waals surface area contributed by atoms with Gasteiger partial charge < -0.3 is 9.84 Å². The first-order valence-corrected chi connectivity index (χ1v) is 3.69. The number of ether oxygens (including phenoxy) is 1. The Labute approximate surface area is 73.8 Å². The molecule has 0 amide bonds. The van der Waals surface area contributed by atoms with Crippen molar-refractivity contribution in [1.29, 1.82) is 0 Å². The lowest BCUT2D eigenvalue weighted by molar-refractivity contribution is 0.181. The zero-order valence-corrected chi connectivity index (χ0v) is 7.01. The van der Waals surface area contributed by atoms with Gasteiger partial charge in [-0.2, -0.15) is 14.6 Å². The molecule has 1 N–H and O–H groups in total. The Hall–Kier alpha value is -1.69. The smallest absolute Gasteiger partial charge is 0.255 e. The highest BCUT2D eigenvalue weighted by Crippen LogP contribution is 2.11. The maximum absolute atomic E-state index is 9.43. The molecular formula is C7H8N4O2. The van der Waals surface area contributed by atoms with Crippen LogP contribution in [0.1, 0.15) is 5.69 Å². The molecule has 0 aliphatic heterocycles. The van der Waals surface area contributed by atoms with Crippen molar-refractivity contribution in [2.75, 3.05) is 7.11 Å². The number of rotatable bonds is 2.